The van der Waals surface area contributed by atoms with E-state index in [1.807, 2.05) is 20.0 Å². The molecule has 2 aromatic rings. The first-order chi connectivity index (χ1) is 7.76. The van der Waals surface area contributed by atoms with Gasteiger partial charge in [0.1, 0.15) is 5.76 Å². The van der Waals surface area contributed by atoms with Gasteiger partial charge in [0.25, 0.3) is 0 Å². The van der Waals surface area contributed by atoms with Gasteiger partial charge in [-0.2, -0.15) is 0 Å². The van der Waals surface area contributed by atoms with Crippen molar-refractivity contribution >= 4 is 0 Å². The van der Waals surface area contributed by atoms with Gasteiger partial charge in [0, 0.05) is 6.42 Å². The minimum absolute atomic E-state index is 0.116. The summed E-state index contributed by atoms with van der Waals surface area (Å²) in [7, 11) is 1.88. The highest BCUT2D eigenvalue weighted by Crippen LogP contribution is 2.27. The zero-order valence-electron chi connectivity index (χ0n) is 9.78. The van der Waals surface area contributed by atoms with Crippen LogP contribution in [0.15, 0.2) is 27.4 Å². The third-order valence-corrected chi connectivity index (χ3v) is 2.66. The molecule has 0 fully saturated rings. The molecular weight excluding hydrogens is 204 g/mol. The summed E-state index contributed by atoms with van der Waals surface area (Å²) in [6.07, 6.45) is 4.27. The molecule has 0 radical (unpaired) electrons. The maximum atomic E-state index is 5.69. The molecule has 2 rings (SSSR count). The lowest BCUT2D eigenvalue weighted by Gasteiger charge is -2.03. The number of nitrogens with zero attached hydrogens (tertiary/aromatic N) is 1. The zero-order chi connectivity index (χ0) is 11.5. The second-order valence-electron chi connectivity index (χ2n) is 3.68. The van der Waals surface area contributed by atoms with E-state index in [9.17, 15) is 0 Å². The molecule has 4 nitrogen and oxygen atoms in total. The van der Waals surface area contributed by atoms with Crippen LogP contribution in [0.1, 0.15) is 31.5 Å². The number of aryl methyl sites for hydroxylation is 1. The van der Waals surface area contributed by atoms with Crippen molar-refractivity contribution in [3.63, 3.8) is 0 Å². The molecule has 0 spiro atoms. The van der Waals surface area contributed by atoms with Gasteiger partial charge in [-0.1, -0.05) is 6.92 Å². The quantitative estimate of drug-likeness (QED) is 0.860. The minimum Gasteiger partial charge on any atom is -0.469 e. The first-order valence-corrected chi connectivity index (χ1v) is 5.46. The Hall–Kier alpha value is -1.55. The molecule has 0 aromatic carbocycles. The van der Waals surface area contributed by atoms with Gasteiger partial charge in [0.2, 0.25) is 5.89 Å². The van der Waals surface area contributed by atoms with Crippen molar-refractivity contribution in [2.45, 2.75) is 26.3 Å². The van der Waals surface area contributed by atoms with Crippen molar-refractivity contribution in [1.82, 2.24) is 10.3 Å². The van der Waals surface area contributed by atoms with Crippen molar-refractivity contribution in [3.8, 4) is 11.3 Å². The van der Waals surface area contributed by atoms with Crippen molar-refractivity contribution in [1.29, 1.82) is 0 Å². The van der Waals surface area contributed by atoms with Gasteiger partial charge < -0.3 is 14.2 Å². The Morgan fingerprint density at radius 3 is 3.00 bits per heavy atom. The van der Waals surface area contributed by atoms with Gasteiger partial charge in [-0.3, -0.25) is 0 Å². The smallest absolute Gasteiger partial charge is 0.211 e. The standard InChI is InChI=1S/C12H16N2O2/c1-4-10-9(5-6-15-10)11-7-14-12(16-11)8(2)13-3/h5-8,13H,4H2,1-3H3. The Bertz CT molecular complexity index is 459. The fraction of sp³-hybridized carbons (Fsp3) is 0.417. The van der Waals surface area contributed by atoms with Crippen LogP contribution in [-0.2, 0) is 6.42 Å². The van der Waals surface area contributed by atoms with E-state index in [-0.39, 0.29) is 6.04 Å². The Labute approximate surface area is 94.7 Å². The molecule has 4 heteroatoms. The van der Waals surface area contributed by atoms with E-state index < -0.39 is 0 Å². The van der Waals surface area contributed by atoms with Crippen LogP contribution in [0.2, 0.25) is 0 Å². The third-order valence-electron chi connectivity index (χ3n) is 2.66. The number of nitrogens with one attached hydrogen (secondary N) is 1. The first kappa shape index (κ1) is 11.0. The summed E-state index contributed by atoms with van der Waals surface area (Å²) in [5.41, 5.74) is 0.990. The van der Waals surface area contributed by atoms with E-state index in [0.29, 0.717) is 5.89 Å². The summed E-state index contributed by atoms with van der Waals surface area (Å²) in [6.45, 7) is 4.06. The molecule has 1 atom stereocenters. The molecule has 1 N–H and O–H groups in total. The zero-order valence-corrected chi connectivity index (χ0v) is 9.78. The summed E-state index contributed by atoms with van der Waals surface area (Å²) in [5.74, 6) is 2.39. The number of oxazole rings is 1. The van der Waals surface area contributed by atoms with Crippen LogP contribution in [0, 0.1) is 0 Å². The van der Waals surface area contributed by atoms with E-state index in [1.54, 1.807) is 12.5 Å². The SMILES string of the molecule is CCc1occc1-c1cnc(C(C)NC)o1. The second kappa shape index (κ2) is 4.53. The molecule has 86 valence electrons. The first-order valence-electron chi connectivity index (χ1n) is 5.46. The predicted molar refractivity (Wildman–Crippen MR) is 61.1 cm³/mol. The number of aromatic nitrogens is 1. The molecule has 2 heterocycles. The maximum Gasteiger partial charge on any atom is 0.211 e. The molecule has 0 bridgehead atoms. The maximum absolute atomic E-state index is 5.69. The lowest BCUT2D eigenvalue weighted by molar-refractivity contribution is 0.440. The van der Waals surface area contributed by atoms with Gasteiger partial charge in [-0.25, -0.2) is 4.98 Å². The van der Waals surface area contributed by atoms with Crippen molar-refractivity contribution in [2.75, 3.05) is 7.05 Å². The van der Waals surface area contributed by atoms with Crippen molar-refractivity contribution in [3.05, 3.63) is 30.2 Å². The lowest BCUT2D eigenvalue weighted by atomic mass is 10.2. The predicted octanol–water partition coefficient (Wildman–Crippen LogP) is 2.78. The van der Waals surface area contributed by atoms with Crippen LogP contribution in [0.25, 0.3) is 11.3 Å². The third kappa shape index (κ3) is 1.88. The average molecular weight is 220 g/mol. The molecule has 16 heavy (non-hydrogen) atoms. The van der Waals surface area contributed by atoms with Crippen LogP contribution >= 0.6 is 0 Å². The van der Waals surface area contributed by atoms with Crippen LogP contribution in [0.3, 0.4) is 0 Å². The van der Waals surface area contributed by atoms with Gasteiger partial charge in [0.15, 0.2) is 5.76 Å². The summed E-state index contributed by atoms with van der Waals surface area (Å²) in [4.78, 5) is 4.25. The average Bonchev–Trinajstić information content (AvgIpc) is 2.95. The van der Waals surface area contributed by atoms with Crippen LogP contribution in [0.5, 0.6) is 0 Å². The van der Waals surface area contributed by atoms with E-state index in [0.717, 1.165) is 23.5 Å². The number of hydrogen-bond donors (Lipinski definition) is 1. The van der Waals surface area contributed by atoms with Crippen molar-refractivity contribution < 1.29 is 8.83 Å². The number of furan rings is 1. The molecule has 0 aliphatic rings. The molecule has 0 aliphatic heterocycles. The molecular formula is C12H16N2O2. The molecule has 0 aliphatic carbocycles. The Balaban J connectivity index is 2.31. The van der Waals surface area contributed by atoms with Gasteiger partial charge >= 0.3 is 0 Å². The summed E-state index contributed by atoms with van der Waals surface area (Å²) in [5, 5.41) is 3.09. The highest BCUT2D eigenvalue weighted by atomic mass is 16.4. The molecule has 0 saturated carbocycles. The fourth-order valence-electron chi connectivity index (χ4n) is 1.57. The van der Waals surface area contributed by atoms with Gasteiger partial charge in [-0.05, 0) is 20.0 Å². The normalized spacial score (nSPS) is 12.9. The van der Waals surface area contributed by atoms with Gasteiger partial charge in [0.05, 0.1) is 24.1 Å². The monoisotopic (exact) mass is 220 g/mol. The number of rotatable bonds is 4. The van der Waals surface area contributed by atoms with Crippen LogP contribution in [0.4, 0.5) is 0 Å². The largest absolute Gasteiger partial charge is 0.469 e. The van der Waals surface area contributed by atoms with Crippen LogP contribution < -0.4 is 5.32 Å². The molecule has 2 aromatic heterocycles. The fourth-order valence-corrected chi connectivity index (χ4v) is 1.57. The lowest BCUT2D eigenvalue weighted by Crippen LogP contribution is -2.12. The summed E-state index contributed by atoms with van der Waals surface area (Å²) >= 11 is 0. The Kier molecular flexibility index (Phi) is 3.10. The topological polar surface area (TPSA) is 51.2 Å². The summed E-state index contributed by atoms with van der Waals surface area (Å²) < 4.78 is 11.1. The van der Waals surface area contributed by atoms with E-state index in [4.69, 9.17) is 8.83 Å². The summed E-state index contributed by atoms with van der Waals surface area (Å²) in [6, 6.07) is 2.03. The highest BCUT2D eigenvalue weighted by Gasteiger charge is 2.14. The molecule has 0 saturated heterocycles. The Morgan fingerprint density at radius 2 is 2.31 bits per heavy atom. The van der Waals surface area contributed by atoms with E-state index in [1.165, 1.54) is 0 Å². The van der Waals surface area contributed by atoms with Gasteiger partial charge in [-0.15, -0.1) is 0 Å². The van der Waals surface area contributed by atoms with Crippen LogP contribution in [-0.4, -0.2) is 12.0 Å². The minimum atomic E-state index is 0.116. The van der Waals surface area contributed by atoms with Crippen molar-refractivity contribution in [2.24, 2.45) is 0 Å². The van der Waals surface area contributed by atoms with E-state index >= 15 is 0 Å². The van der Waals surface area contributed by atoms with E-state index in [2.05, 4.69) is 17.2 Å². The molecule has 1 unspecified atom stereocenters. The molecule has 0 amide bonds. The number of hydrogen-bond acceptors (Lipinski definition) is 4. The highest BCUT2D eigenvalue weighted by molar-refractivity contribution is 5.58. The Morgan fingerprint density at radius 1 is 1.50 bits per heavy atom. The second-order valence-corrected chi connectivity index (χ2v) is 3.68.